The molecule has 0 aliphatic carbocycles. The molecule has 26 heavy (non-hydrogen) atoms. The predicted octanol–water partition coefficient (Wildman–Crippen LogP) is 0.363. The average Bonchev–Trinajstić information content (AvgIpc) is 3.27. The Morgan fingerprint density at radius 1 is 0.462 bits per heavy atom. The van der Waals surface area contributed by atoms with Crippen LogP contribution in [0.5, 0.6) is 0 Å². The third kappa shape index (κ3) is 2.64. The minimum Gasteiger partial charge on any atom is -0.256 e. The summed E-state index contributed by atoms with van der Waals surface area (Å²) in [6, 6.07) is 25.8. The second-order valence-electron chi connectivity index (χ2n) is 6.69. The van der Waals surface area contributed by atoms with E-state index in [1.165, 1.54) is 43.3 Å². The second kappa shape index (κ2) is 6.48. The Morgan fingerprint density at radius 2 is 0.885 bits per heavy atom. The molecule has 0 saturated carbocycles. The molecule has 2 aliphatic rings. The smallest absolute Gasteiger partial charge is 0.0912 e. The highest BCUT2D eigenvalue weighted by Crippen LogP contribution is 2.16. The van der Waals surface area contributed by atoms with Gasteiger partial charge in [-0.25, -0.2) is 0 Å². The summed E-state index contributed by atoms with van der Waals surface area (Å²) in [6.07, 6.45) is 3.77. The maximum Gasteiger partial charge on any atom is 0.0912 e. The van der Waals surface area contributed by atoms with Crippen LogP contribution in [0.3, 0.4) is 0 Å². The van der Waals surface area contributed by atoms with Crippen molar-refractivity contribution < 1.29 is 0 Å². The molecule has 6 rings (SSSR count). The molecule has 4 aromatic rings. The molecule has 2 aromatic carbocycles. The lowest BCUT2D eigenvalue weighted by Gasteiger charge is -1.97. The van der Waals surface area contributed by atoms with Crippen molar-refractivity contribution >= 4 is 39.8 Å². The summed E-state index contributed by atoms with van der Waals surface area (Å²) in [5, 5.41) is 6.06. The van der Waals surface area contributed by atoms with Crippen molar-refractivity contribution in [3.05, 3.63) is 85.2 Å². The van der Waals surface area contributed by atoms with Crippen LogP contribution >= 0.6 is 0 Å². The van der Waals surface area contributed by atoms with Crippen molar-refractivity contribution in [1.82, 2.24) is 9.97 Å². The van der Waals surface area contributed by atoms with Gasteiger partial charge in [0.05, 0.1) is 30.4 Å². The monoisotopic (exact) mass is 366 g/mol. The summed E-state index contributed by atoms with van der Waals surface area (Å²) >= 11 is 0. The van der Waals surface area contributed by atoms with E-state index < -0.39 is 0 Å². The van der Waals surface area contributed by atoms with E-state index in [0.29, 0.717) is 0 Å². The zero-order chi connectivity index (χ0) is 17.3. The van der Waals surface area contributed by atoms with Gasteiger partial charge in [0.15, 0.2) is 0 Å². The lowest BCUT2D eigenvalue weighted by molar-refractivity contribution is 1.36. The number of aromatic nitrogens is 2. The Hall–Kier alpha value is -2.83. The minimum atomic E-state index is -0.223. The van der Waals surface area contributed by atoms with E-state index in [-0.39, 0.29) is 19.0 Å². The maximum atomic E-state index is 4.44. The van der Waals surface area contributed by atoms with E-state index in [1.807, 2.05) is 24.5 Å². The van der Waals surface area contributed by atoms with Gasteiger partial charge in [0.25, 0.3) is 0 Å². The predicted molar refractivity (Wildman–Crippen MR) is 115 cm³/mol. The highest BCUT2D eigenvalue weighted by atomic mass is 28.2. The molecule has 0 unspecified atom stereocenters. The molecule has 2 nitrogen and oxygen atoms in total. The minimum absolute atomic E-state index is 0.223. The highest BCUT2D eigenvalue weighted by Gasteiger charge is 2.18. The first-order valence-electron chi connectivity index (χ1n) is 8.94. The number of benzene rings is 2. The van der Waals surface area contributed by atoms with E-state index in [0.717, 1.165) is 0 Å². The number of hydrogen-bond acceptors (Lipinski definition) is 2. The molecular weight excluding hydrogens is 348 g/mol. The Kier molecular flexibility index (Phi) is 3.84. The molecule has 0 spiro atoms. The lowest BCUT2D eigenvalue weighted by Crippen LogP contribution is -2.20. The Balaban J connectivity index is 0.000000115. The third-order valence-corrected chi connectivity index (χ3v) is 8.99. The fourth-order valence-electron chi connectivity index (χ4n) is 3.87. The number of nitrogens with zero attached hydrogens (tertiary/aromatic N) is 2. The van der Waals surface area contributed by atoms with Gasteiger partial charge in [0, 0.05) is 12.4 Å². The van der Waals surface area contributed by atoms with Crippen LogP contribution in [0.1, 0.15) is 0 Å². The number of fused-ring (bicyclic) bond motifs is 6. The van der Waals surface area contributed by atoms with E-state index >= 15 is 0 Å². The molecule has 0 fully saturated rings. The molecular formula is C22H18N2Si2. The van der Waals surface area contributed by atoms with Gasteiger partial charge in [0.2, 0.25) is 0 Å². The normalized spacial score (nSPS) is 14.2. The summed E-state index contributed by atoms with van der Waals surface area (Å²) in [4.78, 5) is 8.87. The van der Waals surface area contributed by atoms with Crippen molar-refractivity contribution in [2.24, 2.45) is 0 Å². The van der Waals surface area contributed by atoms with Crippen LogP contribution in [0.2, 0.25) is 0 Å². The molecule has 0 radical (unpaired) electrons. The SMILES string of the molecule is c1ccc2c(c1)[SiH2]c1cccnc1-2.c1ccc2c(c1)[SiH2]c1cccnc1-2. The van der Waals surface area contributed by atoms with Crippen LogP contribution in [0.15, 0.2) is 85.2 Å². The summed E-state index contributed by atoms with van der Waals surface area (Å²) in [7, 11) is -0.445. The van der Waals surface area contributed by atoms with Crippen LogP contribution < -0.4 is 20.7 Å². The molecule has 0 atom stereocenters. The van der Waals surface area contributed by atoms with Gasteiger partial charge < -0.3 is 0 Å². The summed E-state index contributed by atoms with van der Waals surface area (Å²) in [5.74, 6) is 0. The Labute approximate surface area is 157 Å². The summed E-state index contributed by atoms with van der Waals surface area (Å²) in [6.45, 7) is 0. The zero-order valence-corrected chi connectivity index (χ0v) is 17.2. The van der Waals surface area contributed by atoms with Gasteiger partial charge in [-0.15, -0.1) is 0 Å². The van der Waals surface area contributed by atoms with Crippen molar-refractivity contribution in [3.8, 4) is 22.5 Å². The van der Waals surface area contributed by atoms with Crippen molar-refractivity contribution in [2.75, 3.05) is 0 Å². The van der Waals surface area contributed by atoms with Gasteiger partial charge in [-0.05, 0) is 33.6 Å². The molecule has 2 aliphatic heterocycles. The van der Waals surface area contributed by atoms with Gasteiger partial charge in [-0.3, -0.25) is 9.97 Å². The zero-order valence-electron chi connectivity index (χ0n) is 14.4. The summed E-state index contributed by atoms with van der Waals surface area (Å²) in [5.41, 5.74) is 5.18. The van der Waals surface area contributed by atoms with E-state index in [2.05, 4.69) is 70.6 Å². The number of pyridine rings is 2. The van der Waals surface area contributed by atoms with Crippen LogP contribution in [-0.2, 0) is 0 Å². The van der Waals surface area contributed by atoms with E-state index in [4.69, 9.17) is 0 Å². The number of hydrogen-bond donors (Lipinski definition) is 0. The van der Waals surface area contributed by atoms with Gasteiger partial charge in [-0.2, -0.15) is 0 Å². The van der Waals surface area contributed by atoms with Crippen LogP contribution in [-0.4, -0.2) is 29.0 Å². The summed E-state index contributed by atoms with van der Waals surface area (Å²) < 4.78 is 0. The van der Waals surface area contributed by atoms with Crippen LogP contribution in [0, 0.1) is 0 Å². The standard InChI is InChI=1S/2C11H9NSi/c2*1-2-5-9-8(4-1)11-10(13-9)6-3-7-12-11/h2*1-7H,13H2. The molecule has 4 heteroatoms. The van der Waals surface area contributed by atoms with Crippen molar-refractivity contribution in [3.63, 3.8) is 0 Å². The molecule has 2 aromatic heterocycles. The van der Waals surface area contributed by atoms with E-state index in [1.54, 1.807) is 0 Å². The molecule has 4 heterocycles. The van der Waals surface area contributed by atoms with Gasteiger partial charge >= 0.3 is 0 Å². The Morgan fingerprint density at radius 3 is 1.38 bits per heavy atom. The topological polar surface area (TPSA) is 25.8 Å². The maximum absolute atomic E-state index is 4.44. The quantitative estimate of drug-likeness (QED) is 0.363. The van der Waals surface area contributed by atoms with Gasteiger partial charge in [0.1, 0.15) is 0 Å². The highest BCUT2D eigenvalue weighted by molar-refractivity contribution is 6.73. The average molecular weight is 367 g/mol. The first kappa shape index (κ1) is 15.4. The largest absolute Gasteiger partial charge is 0.256 e. The van der Waals surface area contributed by atoms with Crippen molar-refractivity contribution in [1.29, 1.82) is 0 Å². The first-order chi connectivity index (χ1) is 12.9. The molecule has 0 bridgehead atoms. The van der Waals surface area contributed by atoms with Crippen LogP contribution in [0.25, 0.3) is 22.5 Å². The van der Waals surface area contributed by atoms with Gasteiger partial charge in [-0.1, -0.05) is 71.0 Å². The molecule has 124 valence electrons. The third-order valence-electron chi connectivity index (χ3n) is 5.09. The first-order valence-corrected chi connectivity index (χ1v) is 11.8. The van der Waals surface area contributed by atoms with Crippen LogP contribution in [0.4, 0.5) is 0 Å². The van der Waals surface area contributed by atoms with E-state index in [9.17, 15) is 0 Å². The Bertz CT molecular complexity index is 932. The second-order valence-corrected chi connectivity index (χ2v) is 10.4. The molecule has 0 saturated heterocycles. The fraction of sp³-hybridized carbons (Fsp3) is 0. The van der Waals surface area contributed by atoms with Crippen molar-refractivity contribution in [2.45, 2.75) is 0 Å². The fourth-order valence-corrected chi connectivity index (χ4v) is 7.56. The number of rotatable bonds is 0. The molecule has 0 amide bonds. The lowest BCUT2D eigenvalue weighted by atomic mass is 10.1. The molecule has 0 N–H and O–H groups in total.